The van der Waals surface area contributed by atoms with Gasteiger partial charge in [-0.2, -0.15) is 4.98 Å². The minimum Gasteiger partial charge on any atom is -0.492 e. The van der Waals surface area contributed by atoms with Crippen molar-refractivity contribution < 1.29 is 14.3 Å². The Bertz CT molecular complexity index is 1430. The van der Waals surface area contributed by atoms with Gasteiger partial charge >= 0.3 is 6.09 Å². The monoisotopic (exact) mass is 516 g/mol. The largest absolute Gasteiger partial charge is 0.492 e. The van der Waals surface area contributed by atoms with Crippen molar-refractivity contribution in [3.8, 4) is 27.8 Å². The van der Waals surface area contributed by atoms with Crippen LogP contribution in [0.3, 0.4) is 0 Å². The van der Waals surface area contributed by atoms with Gasteiger partial charge in [-0.25, -0.2) is 14.5 Å². The summed E-state index contributed by atoms with van der Waals surface area (Å²) in [5.41, 5.74) is 4.14. The molecular weight excluding hydrogens is 488 g/mol. The highest BCUT2D eigenvalue weighted by Crippen LogP contribution is 2.41. The van der Waals surface area contributed by atoms with E-state index in [0.29, 0.717) is 18.3 Å². The molecule has 1 saturated heterocycles. The van der Waals surface area contributed by atoms with Crippen molar-refractivity contribution in [3.63, 3.8) is 0 Å². The van der Waals surface area contributed by atoms with Crippen LogP contribution >= 0.6 is 11.3 Å². The highest BCUT2D eigenvalue weighted by molar-refractivity contribution is 7.15. The van der Waals surface area contributed by atoms with Crippen LogP contribution in [0.2, 0.25) is 0 Å². The Labute approximate surface area is 218 Å². The van der Waals surface area contributed by atoms with Gasteiger partial charge in [-0.15, -0.1) is 16.4 Å². The van der Waals surface area contributed by atoms with Gasteiger partial charge in [0.1, 0.15) is 12.4 Å². The van der Waals surface area contributed by atoms with Crippen LogP contribution in [-0.4, -0.2) is 45.5 Å². The summed E-state index contributed by atoms with van der Waals surface area (Å²) in [7, 11) is 0. The van der Waals surface area contributed by atoms with Crippen LogP contribution in [0.1, 0.15) is 41.8 Å². The van der Waals surface area contributed by atoms with E-state index >= 15 is 0 Å². The van der Waals surface area contributed by atoms with E-state index in [9.17, 15) is 4.79 Å². The predicted molar refractivity (Wildman–Crippen MR) is 142 cm³/mol. The van der Waals surface area contributed by atoms with Crippen LogP contribution < -0.4 is 15.4 Å². The van der Waals surface area contributed by atoms with E-state index in [1.165, 1.54) is 5.56 Å². The van der Waals surface area contributed by atoms with E-state index in [0.717, 1.165) is 52.0 Å². The predicted octanol–water partition coefficient (Wildman–Crippen LogP) is 5.02. The first kappa shape index (κ1) is 23.6. The number of benzene rings is 2. The molecule has 4 aromatic rings. The fourth-order valence-electron chi connectivity index (χ4n) is 4.45. The summed E-state index contributed by atoms with van der Waals surface area (Å²) in [6.07, 6.45) is 0.170. The number of hydrogen-bond donors (Lipinski definition) is 2. The first-order valence-electron chi connectivity index (χ1n) is 12.5. The fraction of sp³-hybridized carbons (Fsp3) is 0.333. The maximum atomic E-state index is 12.4. The zero-order valence-electron chi connectivity index (χ0n) is 20.7. The molecule has 0 atom stereocenters. The number of aromatic nitrogens is 4. The van der Waals surface area contributed by atoms with Gasteiger partial charge in [0.05, 0.1) is 12.3 Å². The molecule has 2 aromatic carbocycles. The molecule has 0 unspecified atom stereocenters. The third-order valence-corrected chi connectivity index (χ3v) is 7.65. The minimum atomic E-state index is -0.602. The molecule has 2 aliphatic rings. The topological polar surface area (TPSA) is 103 Å². The number of anilines is 1. The average Bonchev–Trinajstić information content (AvgIpc) is 3.43. The number of nitrogens with zero attached hydrogens (tertiary/aromatic N) is 4. The summed E-state index contributed by atoms with van der Waals surface area (Å²) in [6.45, 7) is 6.83. The number of amides is 1. The Morgan fingerprint density at radius 2 is 2.05 bits per heavy atom. The summed E-state index contributed by atoms with van der Waals surface area (Å²) in [5.74, 6) is 2.23. The molecule has 2 aliphatic heterocycles. The number of fused-ring (bicyclic) bond motifs is 3. The summed E-state index contributed by atoms with van der Waals surface area (Å²) in [5, 5.41) is 11.3. The molecule has 0 bridgehead atoms. The van der Waals surface area contributed by atoms with Crippen molar-refractivity contribution in [2.24, 2.45) is 0 Å². The molecule has 0 saturated carbocycles. The first-order chi connectivity index (χ1) is 18.0. The minimum absolute atomic E-state index is 0.0244. The number of rotatable bonds is 6. The van der Waals surface area contributed by atoms with Crippen molar-refractivity contribution >= 4 is 23.4 Å². The van der Waals surface area contributed by atoms with Crippen molar-refractivity contribution in [3.05, 3.63) is 64.5 Å². The summed E-state index contributed by atoms with van der Waals surface area (Å²) in [4.78, 5) is 23.2. The van der Waals surface area contributed by atoms with Gasteiger partial charge < -0.3 is 14.8 Å². The molecule has 0 spiro atoms. The molecule has 0 radical (unpaired) electrons. The lowest BCUT2D eigenvalue weighted by Crippen LogP contribution is -2.39. The number of thiazole rings is 1. The molecule has 4 heterocycles. The van der Waals surface area contributed by atoms with E-state index in [1.54, 1.807) is 16.0 Å². The van der Waals surface area contributed by atoms with Crippen molar-refractivity contribution in [1.82, 2.24) is 25.1 Å². The third-order valence-electron chi connectivity index (χ3n) is 6.54. The molecule has 2 aromatic heterocycles. The molecule has 10 heteroatoms. The Kier molecular flexibility index (Phi) is 6.35. The van der Waals surface area contributed by atoms with E-state index in [2.05, 4.69) is 38.9 Å². The highest BCUT2D eigenvalue weighted by Gasteiger charge is 2.26. The Hall–Kier alpha value is -3.76. The number of hydrogen-bond acceptors (Lipinski definition) is 8. The molecule has 6 rings (SSSR count). The summed E-state index contributed by atoms with van der Waals surface area (Å²) in [6, 6.07) is 16.0. The van der Waals surface area contributed by atoms with Crippen LogP contribution in [0.25, 0.3) is 22.1 Å². The lowest BCUT2D eigenvalue weighted by atomic mass is 9.92. The van der Waals surface area contributed by atoms with E-state index in [-0.39, 0.29) is 18.6 Å². The second-order valence-corrected chi connectivity index (χ2v) is 10.6. The van der Waals surface area contributed by atoms with Gasteiger partial charge in [0.2, 0.25) is 0 Å². The first-order valence-corrected chi connectivity index (χ1v) is 13.3. The van der Waals surface area contributed by atoms with Crippen molar-refractivity contribution in [1.29, 1.82) is 0 Å². The van der Waals surface area contributed by atoms with Gasteiger partial charge in [0.15, 0.2) is 10.8 Å². The fourth-order valence-corrected chi connectivity index (χ4v) is 5.48. The highest BCUT2D eigenvalue weighted by atomic mass is 32.1. The zero-order chi connectivity index (χ0) is 25.4. The Morgan fingerprint density at radius 3 is 2.81 bits per heavy atom. The van der Waals surface area contributed by atoms with Crippen LogP contribution in [0.15, 0.2) is 48.5 Å². The average molecular weight is 517 g/mol. The van der Waals surface area contributed by atoms with Crippen molar-refractivity contribution in [2.45, 2.75) is 38.8 Å². The van der Waals surface area contributed by atoms with Gasteiger partial charge in [-0.1, -0.05) is 36.4 Å². The molecule has 190 valence electrons. The SMILES string of the molecule is CC(C)n1nc(NC(=O)OCc2ccccc2)nc1-c1nc2c(s1)CCOc1cc(C3CNC3)ccc1-2. The van der Waals surface area contributed by atoms with E-state index in [1.807, 2.05) is 44.2 Å². The Balaban J connectivity index is 1.26. The molecule has 1 amide bonds. The standard InChI is InChI=1S/C27H28N6O3S/c1-16(2)33-24(30-26(32-33)31-27(34)36-15-17-6-4-3-5-7-17)25-29-23-20-9-8-18(19-13-28-14-19)12-21(20)35-11-10-22(23)37-25/h3-9,12,16,19,28H,10-11,13-15H2,1-2H3,(H,31,32,34). The normalized spacial score (nSPS) is 14.8. The second kappa shape index (κ2) is 9.95. The molecule has 0 aliphatic carbocycles. The smallest absolute Gasteiger partial charge is 0.414 e. The number of carbonyl (C=O) groups is 1. The van der Waals surface area contributed by atoms with Crippen LogP contribution in [0.4, 0.5) is 10.7 Å². The zero-order valence-corrected chi connectivity index (χ0v) is 21.5. The number of carbonyl (C=O) groups excluding carboxylic acids is 1. The third kappa shape index (κ3) is 4.82. The Morgan fingerprint density at radius 1 is 1.22 bits per heavy atom. The summed E-state index contributed by atoms with van der Waals surface area (Å²) < 4.78 is 13.2. The number of ether oxygens (including phenoxy) is 2. The molecule has 2 N–H and O–H groups in total. The maximum absolute atomic E-state index is 12.4. The van der Waals surface area contributed by atoms with Gasteiger partial charge in [0, 0.05) is 41.9 Å². The quantitative estimate of drug-likeness (QED) is 0.371. The maximum Gasteiger partial charge on any atom is 0.414 e. The van der Waals surface area contributed by atoms with Gasteiger partial charge in [-0.05, 0) is 37.1 Å². The van der Waals surface area contributed by atoms with Crippen LogP contribution in [-0.2, 0) is 17.8 Å². The van der Waals surface area contributed by atoms with Crippen LogP contribution in [0, 0.1) is 0 Å². The second-order valence-electron chi connectivity index (χ2n) is 9.48. The van der Waals surface area contributed by atoms with Crippen molar-refractivity contribution in [2.75, 3.05) is 25.0 Å². The number of nitrogens with one attached hydrogen (secondary N) is 2. The molecule has 1 fully saturated rings. The molecular formula is C27H28N6O3S. The van der Waals surface area contributed by atoms with E-state index in [4.69, 9.17) is 14.5 Å². The van der Waals surface area contributed by atoms with Crippen LogP contribution in [0.5, 0.6) is 5.75 Å². The van der Waals surface area contributed by atoms with Gasteiger partial charge in [-0.3, -0.25) is 5.32 Å². The molecule has 37 heavy (non-hydrogen) atoms. The van der Waals surface area contributed by atoms with E-state index < -0.39 is 6.09 Å². The lowest BCUT2D eigenvalue weighted by molar-refractivity contribution is 0.155. The van der Waals surface area contributed by atoms with Gasteiger partial charge in [0.25, 0.3) is 5.95 Å². The summed E-state index contributed by atoms with van der Waals surface area (Å²) >= 11 is 1.59. The molecule has 9 nitrogen and oxygen atoms in total. The lowest BCUT2D eigenvalue weighted by Gasteiger charge is -2.28.